The fourth-order valence-electron chi connectivity index (χ4n) is 1.99. The lowest BCUT2D eigenvalue weighted by atomic mass is 9.94. The molecule has 0 radical (unpaired) electrons. The van der Waals surface area contributed by atoms with Gasteiger partial charge < -0.3 is 5.32 Å². The first-order valence-electron chi connectivity index (χ1n) is 6.40. The van der Waals surface area contributed by atoms with Gasteiger partial charge in [-0.2, -0.15) is 0 Å². The van der Waals surface area contributed by atoms with Crippen molar-refractivity contribution in [3.8, 4) is 0 Å². The number of hydrogen-bond acceptors (Lipinski definition) is 3. The molecule has 0 aliphatic carbocycles. The molecule has 1 rings (SSSR count). The van der Waals surface area contributed by atoms with Crippen molar-refractivity contribution >= 4 is 10.0 Å². The Bertz CT molecular complexity index is 325. The molecule has 0 aromatic carbocycles. The molecule has 1 saturated heterocycles. The van der Waals surface area contributed by atoms with E-state index in [1.54, 1.807) is 4.31 Å². The predicted octanol–water partition coefficient (Wildman–Crippen LogP) is 1.44. The Balaban J connectivity index is 2.49. The Hall–Kier alpha value is -0.130. The summed E-state index contributed by atoms with van der Waals surface area (Å²) in [6.07, 6.45) is 2.57. The first-order valence-corrected chi connectivity index (χ1v) is 8.00. The standard InChI is InChI=1S/C12H26N2O2S/c1-12(2,3)7-10-17(15,16)14-8-5-11(13-4)6-9-14/h11,13H,5-10H2,1-4H3. The van der Waals surface area contributed by atoms with Crippen LogP contribution in [0.5, 0.6) is 0 Å². The fourth-order valence-corrected chi connectivity index (χ4v) is 3.88. The summed E-state index contributed by atoms with van der Waals surface area (Å²) in [6.45, 7) is 7.57. The highest BCUT2D eigenvalue weighted by Gasteiger charge is 2.28. The first-order chi connectivity index (χ1) is 7.74. The highest BCUT2D eigenvalue weighted by molar-refractivity contribution is 7.89. The molecule has 5 heteroatoms. The summed E-state index contributed by atoms with van der Waals surface area (Å²) in [7, 11) is -1.10. The number of hydrogen-bond donors (Lipinski definition) is 1. The molecule has 102 valence electrons. The lowest BCUT2D eigenvalue weighted by Gasteiger charge is -2.31. The second-order valence-corrected chi connectivity index (χ2v) is 8.18. The molecule has 0 unspecified atom stereocenters. The van der Waals surface area contributed by atoms with E-state index in [0.717, 1.165) is 19.3 Å². The molecule has 0 aromatic rings. The van der Waals surface area contributed by atoms with E-state index in [1.165, 1.54) is 0 Å². The highest BCUT2D eigenvalue weighted by atomic mass is 32.2. The van der Waals surface area contributed by atoms with E-state index in [-0.39, 0.29) is 11.2 Å². The Morgan fingerprint density at radius 2 is 1.76 bits per heavy atom. The van der Waals surface area contributed by atoms with Crippen LogP contribution in [-0.2, 0) is 10.0 Å². The van der Waals surface area contributed by atoms with Gasteiger partial charge in [0.15, 0.2) is 0 Å². The van der Waals surface area contributed by atoms with Gasteiger partial charge in [-0.15, -0.1) is 0 Å². The zero-order valence-electron chi connectivity index (χ0n) is 11.5. The van der Waals surface area contributed by atoms with Crippen LogP contribution in [0.25, 0.3) is 0 Å². The van der Waals surface area contributed by atoms with E-state index in [9.17, 15) is 8.42 Å². The van der Waals surface area contributed by atoms with Crippen LogP contribution in [0.3, 0.4) is 0 Å². The van der Waals surface area contributed by atoms with E-state index < -0.39 is 10.0 Å². The van der Waals surface area contributed by atoms with Crippen molar-refractivity contribution in [2.24, 2.45) is 5.41 Å². The summed E-state index contributed by atoms with van der Waals surface area (Å²) in [5, 5.41) is 3.21. The van der Waals surface area contributed by atoms with Crippen LogP contribution in [0.2, 0.25) is 0 Å². The maximum atomic E-state index is 12.1. The van der Waals surface area contributed by atoms with Crippen LogP contribution in [-0.4, -0.2) is 44.7 Å². The lowest BCUT2D eigenvalue weighted by Crippen LogP contribution is -2.44. The van der Waals surface area contributed by atoms with Gasteiger partial charge in [-0.1, -0.05) is 20.8 Å². The van der Waals surface area contributed by atoms with Gasteiger partial charge in [-0.05, 0) is 31.7 Å². The summed E-state index contributed by atoms with van der Waals surface area (Å²) in [5.41, 5.74) is 0.0797. The minimum absolute atomic E-state index is 0.0797. The van der Waals surface area contributed by atoms with Crippen molar-refractivity contribution in [1.82, 2.24) is 9.62 Å². The quantitative estimate of drug-likeness (QED) is 0.834. The van der Waals surface area contributed by atoms with Crippen molar-refractivity contribution in [3.63, 3.8) is 0 Å². The minimum atomic E-state index is -3.04. The Morgan fingerprint density at radius 1 is 1.24 bits per heavy atom. The Kier molecular flexibility index (Phi) is 4.98. The van der Waals surface area contributed by atoms with Crippen LogP contribution < -0.4 is 5.32 Å². The molecule has 0 atom stereocenters. The summed E-state index contributed by atoms with van der Waals surface area (Å²) in [4.78, 5) is 0. The third-order valence-electron chi connectivity index (χ3n) is 3.37. The summed E-state index contributed by atoms with van der Waals surface area (Å²) >= 11 is 0. The van der Waals surface area contributed by atoms with Crippen molar-refractivity contribution in [2.45, 2.75) is 46.1 Å². The number of sulfonamides is 1. The maximum Gasteiger partial charge on any atom is 0.214 e. The van der Waals surface area contributed by atoms with Gasteiger partial charge in [0, 0.05) is 19.1 Å². The van der Waals surface area contributed by atoms with E-state index in [4.69, 9.17) is 0 Å². The van der Waals surface area contributed by atoms with Crippen LogP contribution in [0.4, 0.5) is 0 Å². The molecular weight excluding hydrogens is 236 g/mol. The minimum Gasteiger partial charge on any atom is -0.317 e. The van der Waals surface area contributed by atoms with Gasteiger partial charge in [-0.25, -0.2) is 12.7 Å². The second kappa shape index (κ2) is 5.67. The number of nitrogens with one attached hydrogen (secondary N) is 1. The SMILES string of the molecule is CNC1CCN(S(=O)(=O)CCC(C)(C)C)CC1. The number of nitrogens with zero attached hydrogens (tertiary/aromatic N) is 1. The third kappa shape index (κ3) is 4.94. The smallest absolute Gasteiger partial charge is 0.214 e. The average Bonchev–Trinajstić information content (AvgIpc) is 2.26. The van der Waals surface area contributed by atoms with Crippen molar-refractivity contribution in [2.75, 3.05) is 25.9 Å². The molecule has 1 aliphatic rings. The van der Waals surface area contributed by atoms with Gasteiger partial charge in [0.25, 0.3) is 0 Å². The third-order valence-corrected chi connectivity index (χ3v) is 5.24. The molecule has 0 amide bonds. The first kappa shape index (κ1) is 14.9. The fraction of sp³-hybridized carbons (Fsp3) is 1.00. The molecule has 1 heterocycles. The monoisotopic (exact) mass is 262 g/mol. The predicted molar refractivity (Wildman–Crippen MR) is 71.5 cm³/mol. The average molecular weight is 262 g/mol. The summed E-state index contributed by atoms with van der Waals surface area (Å²) < 4.78 is 25.9. The molecule has 0 saturated carbocycles. The van der Waals surface area contributed by atoms with Crippen molar-refractivity contribution in [3.05, 3.63) is 0 Å². The van der Waals surface area contributed by atoms with Crippen LogP contribution in [0, 0.1) is 5.41 Å². The lowest BCUT2D eigenvalue weighted by molar-refractivity contribution is 0.295. The van der Waals surface area contributed by atoms with E-state index in [2.05, 4.69) is 26.1 Å². The van der Waals surface area contributed by atoms with Crippen LogP contribution in [0.15, 0.2) is 0 Å². The molecule has 0 spiro atoms. The molecular formula is C12H26N2O2S. The Morgan fingerprint density at radius 3 is 2.18 bits per heavy atom. The van der Waals surface area contributed by atoms with Crippen LogP contribution in [0.1, 0.15) is 40.0 Å². The van der Waals surface area contributed by atoms with E-state index in [0.29, 0.717) is 19.1 Å². The van der Waals surface area contributed by atoms with Crippen LogP contribution >= 0.6 is 0 Å². The van der Waals surface area contributed by atoms with Gasteiger partial charge in [0.2, 0.25) is 10.0 Å². The maximum absolute atomic E-state index is 12.1. The Labute approximate surface area is 106 Å². The zero-order chi connectivity index (χ0) is 13.1. The normalized spacial score (nSPS) is 20.7. The van der Waals surface area contributed by atoms with Gasteiger partial charge >= 0.3 is 0 Å². The molecule has 17 heavy (non-hydrogen) atoms. The van der Waals surface area contributed by atoms with Crippen molar-refractivity contribution < 1.29 is 8.42 Å². The molecule has 0 aromatic heterocycles. The molecule has 0 bridgehead atoms. The largest absolute Gasteiger partial charge is 0.317 e. The van der Waals surface area contributed by atoms with Gasteiger partial charge in [0.05, 0.1) is 5.75 Å². The molecule has 4 nitrogen and oxygen atoms in total. The van der Waals surface area contributed by atoms with E-state index >= 15 is 0 Å². The molecule has 1 N–H and O–H groups in total. The topological polar surface area (TPSA) is 49.4 Å². The molecule has 1 fully saturated rings. The zero-order valence-corrected chi connectivity index (χ0v) is 12.3. The van der Waals surface area contributed by atoms with E-state index in [1.807, 2.05) is 7.05 Å². The molecule has 1 aliphatic heterocycles. The number of rotatable bonds is 4. The van der Waals surface area contributed by atoms with Crippen molar-refractivity contribution in [1.29, 1.82) is 0 Å². The van der Waals surface area contributed by atoms with Gasteiger partial charge in [-0.3, -0.25) is 0 Å². The second-order valence-electron chi connectivity index (χ2n) is 6.09. The van der Waals surface area contributed by atoms with Gasteiger partial charge in [0.1, 0.15) is 0 Å². The number of piperidine rings is 1. The summed E-state index contributed by atoms with van der Waals surface area (Å²) in [5.74, 6) is 0.278. The summed E-state index contributed by atoms with van der Waals surface area (Å²) in [6, 6.07) is 0.476. The highest BCUT2D eigenvalue weighted by Crippen LogP contribution is 2.22.